The number of hydrogen-bond donors (Lipinski definition) is 1. The average molecular weight is 438 g/mol. The van der Waals surface area contributed by atoms with E-state index in [1.807, 2.05) is 31.2 Å². The topological polar surface area (TPSA) is 99.0 Å². The summed E-state index contributed by atoms with van der Waals surface area (Å²) in [5.41, 5.74) is 2.60. The highest BCUT2D eigenvalue weighted by Gasteiger charge is 2.21. The molecule has 0 bridgehead atoms. The number of pyridine rings is 1. The molecule has 1 aliphatic heterocycles. The molecule has 0 atom stereocenters. The second-order valence-electron chi connectivity index (χ2n) is 7.54. The zero-order valence-corrected chi connectivity index (χ0v) is 18.2. The average Bonchev–Trinajstić information content (AvgIpc) is 2.80. The van der Waals surface area contributed by atoms with Crippen molar-refractivity contribution in [3.8, 4) is 11.5 Å². The van der Waals surface area contributed by atoms with Gasteiger partial charge in [0, 0.05) is 36.8 Å². The van der Waals surface area contributed by atoms with Crippen LogP contribution in [0, 0.1) is 17.0 Å². The summed E-state index contributed by atoms with van der Waals surface area (Å²) < 4.78 is 16.9. The molecular formula is C23H26N4O5. The van der Waals surface area contributed by atoms with Crippen LogP contribution in [0.3, 0.4) is 0 Å². The summed E-state index contributed by atoms with van der Waals surface area (Å²) in [7, 11) is 1.55. The van der Waals surface area contributed by atoms with E-state index in [4.69, 9.17) is 14.2 Å². The Bertz CT molecular complexity index is 1110. The molecule has 1 saturated heterocycles. The van der Waals surface area contributed by atoms with E-state index in [0.717, 1.165) is 44.1 Å². The number of fused-ring (bicyclic) bond motifs is 1. The number of ether oxygens (including phenoxy) is 3. The first-order valence-corrected chi connectivity index (χ1v) is 10.5. The second kappa shape index (κ2) is 9.80. The summed E-state index contributed by atoms with van der Waals surface area (Å²) in [5, 5.41) is 15.5. The molecule has 0 radical (unpaired) electrons. The third-order valence-corrected chi connectivity index (χ3v) is 5.50. The van der Waals surface area contributed by atoms with Gasteiger partial charge in [-0.15, -0.1) is 0 Å². The summed E-state index contributed by atoms with van der Waals surface area (Å²) in [6.07, 6.45) is 1.27. The van der Waals surface area contributed by atoms with E-state index in [0.29, 0.717) is 34.7 Å². The van der Waals surface area contributed by atoms with Gasteiger partial charge in [0.1, 0.15) is 18.5 Å². The number of para-hydroxylation sites is 1. The van der Waals surface area contributed by atoms with Crippen LogP contribution < -0.4 is 14.8 Å². The first-order chi connectivity index (χ1) is 15.6. The normalized spacial score (nSPS) is 14.3. The lowest BCUT2D eigenvalue weighted by Crippen LogP contribution is -2.38. The van der Waals surface area contributed by atoms with Crippen LogP contribution in [-0.2, 0) is 4.74 Å². The van der Waals surface area contributed by atoms with Crippen molar-refractivity contribution in [3.05, 3.63) is 58.3 Å². The third kappa shape index (κ3) is 4.74. The summed E-state index contributed by atoms with van der Waals surface area (Å²) >= 11 is 0. The van der Waals surface area contributed by atoms with E-state index >= 15 is 0 Å². The third-order valence-electron chi connectivity index (χ3n) is 5.50. The molecule has 9 heteroatoms. The van der Waals surface area contributed by atoms with Gasteiger partial charge in [0.25, 0.3) is 0 Å². The Labute approximate surface area is 186 Å². The van der Waals surface area contributed by atoms with Crippen molar-refractivity contribution in [3.63, 3.8) is 0 Å². The molecule has 3 aromatic rings. The number of nitrogens with zero attached hydrogens (tertiary/aromatic N) is 3. The van der Waals surface area contributed by atoms with Gasteiger partial charge < -0.3 is 19.5 Å². The smallest absolute Gasteiger partial charge is 0.311 e. The molecule has 2 heterocycles. The molecule has 0 saturated carbocycles. The Morgan fingerprint density at radius 2 is 2.00 bits per heavy atom. The van der Waals surface area contributed by atoms with Gasteiger partial charge in [-0.1, -0.05) is 18.2 Å². The molecule has 168 valence electrons. The highest BCUT2D eigenvalue weighted by atomic mass is 16.6. The molecule has 4 rings (SSSR count). The fourth-order valence-corrected chi connectivity index (χ4v) is 3.69. The maximum absolute atomic E-state index is 11.7. The number of aryl methyl sites for hydroxylation is 1. The molecule has 32 heavy (non-hydrogen) atoms. The minimum atomic E-state index is -0.438. The van der Waals surface area contributed by atoms with Crippen molar-refractivity contribution >= 4 is 28.0 Å². The van der Waals surface area contributed by atoms with E-state index < -0.39 is 4.92 Å². The molecule has 0 unspecified atom stereocenters. The van der Waals surface area contributed by atoms with Gasteiger partial charge in [-0.2, -0.15) is 0 Å². The van der Waals surface area contributed by atoms with Crippen molar-refractivity contribution in [2.45, 2.75) is 6.92 Å². The Kier molecular flexibility index (Phi) is 6.67. The van der Waals surface area contributed by atoms with E-state index in [2.05, 4.69) is 15.2 Å². The van der Waals surface area contributed by atoms with Gasteiger partial charge >= 0.3 is 5.69 Å². The number of anilines is 2. The van der Waals surface area contributed by atoms with Crippen LogP contribution in [-0.4, -0.2) is 61.4 Å². The number of methoxy groups -OCH3 is 1. The Morgan fingerprint density at radius 3 is 2.72 bits per heavy atom. The van der Waals surface area contributed by atoms with Crippen LogP contribution >= 0.6 is 0 Å². The highest BCUT2D eigenvalue weighted by Crippen LogP contribution is 2.40. The van der Waals surface area contributed by atoms with Crippen molar-refractivity contribution in [1.82, 2.24) is 9.88 Å². The molecule has 0 amide bonds. The van der Waals surface area contributed by atoms with Crippen molar-refractivity contribution in [2.75, 3.05) is 51.9 Å². The molecule has 2 aromatic carbocycles. The van der Waals surface area contributed by atoms with Crippen molar-refractivity contribution in [2.24, 2.45) is 0 Å². The van der Waals surface area contributed by atoms with Gasteiger partial charge in [-0.25, -0.2) is 4.98 Å². The molecule has 1 N–H and O–H groups in total. The largest absolute Gasteiger partial charge is 0.493 e. The fraction of sp³-hybridized carbons (Fsp3) is 0.348. The summed E-state index contributed by atoms with van der Waals surface area (Å²) in [6.45, 7) is 6.45. The molecule has 1 aliphatic rings. The van der Waals surface area contributed by atoms with Crippen LogP contribution in [0.2, 0.25) is 0 Å². The van der Waals surface area contributed by atoms with E-state index in [-0.39, 0.29) is 5.69 Å². The molecule has 1 aromatic heterocycles. The molecule has 0 aliphatic carbocycles. The quantitative estimate of drug-likeness (QED) is 0.417. The number of nitro groups is 1. The van der Waals surface area contributed by atoms with Crippen molar-refractivity contribution in [1.29, 1.82) is 0 Å². The van der Waals surface area contributed by atoms with Gasteiger partial charge in [-0.05, 0) is 24.6 Å². The lowest BCUT2D eigenvalue weighted by atomic mass is 10.1. The number of morpholine rings is 1. The number of rotatable bonds is 8. The Hall–Kier alpha value is -3.43. The number of benzene rings is 2. The Morgan fingerprint density at radius 1 is 1.22 bits per heavy atom. The summed E-state index contributed by atoms with van der Waals surface area (Å²) in [4.78, 5) is 17.9. The van der Waals surface area contributed by atoms with Gasteiger partial charge in [0.05, 0.1) is 30.8 Å². The second-order valence-corrected chi connectivity index (χ2v) is 7.54. The summed E-state index contributed by atoms with van der Waals surface area (Å²) in [5.74, 6) is 1.05. The number of nitrogens with one attached hydrogen (secondary N) is 1. The highest BCUT2D eigenvalue weighted by molar-refractivity contribution is 5.99. The van der Waals surface area contributed by atoms with Crippen LogP contribution in [0.1, 0.15) is 5.56 Å². The van der Waals surface area contributed by atoms with Crippen LogP contribution in [0.15, 0.2) is 42.6 Å². The predicted octanol–water partition coefficient (Wildman–Crippen LogP) is 3.91. The standard InChI is InChI=1S/C23H26N4O5/c1-16-5-3-4-6-18(16)25-23-17-13-21(30-2)22(14-19(17)24-15-20(23)27(28)29)32-12-9-26-7-10-31-11-8-26/h3-6,13-15H,7-12H2,1-2H3,(H,24,25). The van der Waals surface area contributed by atoms with E-state index in [1.165, 1.54) is 6.20 Å². The predicted molar refractivity (Wildman–Crippen MR) is 122 cm³/mol. The number of hydrogen-bond acceptors (Lipinski definition) is 8. The lowest BCUT2D eigenvalue weighted by Gasteiger charge is -2.26. The maximum atomic E-state index is 11.7. The monoisotopic (exact) mass is 438 g/mol. The maximum Gasteiger partial charge on any atom is 0.311 e. The minimum absolute atomic E-state index is 0.108. The SMILES string of the molecule is COc1cc2c(Nc3ccccc3C)c([N+](=O)[O-])cnc2cc1OCCN1CCOCC1. The van der Waals surface area contributed by atoms with Crippen LogP contribution in [0.4, 0.5) is 17.1 Å². The molecule has 1 fully saturated rings. The first kappa shape index (κ1) is 21.8. The van der Waals surface area contributed by atoms with Crippen LogP contribution in [0.5, 0.6) is 11.5 Å². The van der Waals surface area contributed by atoms with Gasteiger partial charge in [0.2, 0.25) is 0 Å². The van der Waals surface area contributed by atoms with Crippen molar-refractivity contribution < 1.29 is 19.1 Å². The fourth-order valence-electron chi connectivity index (χ4n) is 3.69. The number of aromatic nitrogens is 1. The lowest BCUT2D eigenvalue weighted by molar-refractivity contribution is -0.384. The van der Waals surface area contributed by atoms with Gasteiger partial charge in [-0.3, -0.25) is 15.0 Å². The summed E-state index contributed by atoms with van der Waals surface area (Å²) in [6, 6.07) is 11.1. The van der Waals surface area contributed by atoms with E-state index in [1.54, 1.807) is 19.2 Å². The molecule has 0 spiro atoms. The zero-order chi connectivity index (χ0) is 22.5. The zero-order valence-electron chi connectivity index (χ0n) is 18.2. The van der Waals surface area contributed by atoms with Gasteiger partial charge in [0.15, 0.2) is 11.5 Å². The Balaban J connectivity index is 1.66. The minimum Gasteiger partial charge on any atom is -0.493 e. The van der Waals surface area contributed by atoms with E-state index in [9.17, 15) is 10.1 Å². The van der Waals surface area contributed by atoms with Crippen LogP contribution in [0.25, 0.3) is 10.9 Å². The first-order valence-electron chi connectivity index (χ1n) is 10.5. The molecular weight excluding hydrogens is 412 g/mol. The molecule has 9 nitrogen and oxygen atoms in total.